The van der Waals surface area contributed by atoms with Gasteiger partial charge < -0.3 is 5.11 Å². The van der Waals surface area contributed by atoms with Crippen LogP contribution in [0.3, 0.4) is 0 Å². The summed E-state index contributed by atoms with van der Waals surface area (Å²) in [6, 6.07) is 0. The molecule has 0 saturated heterocycles. The van der Waals surface area contributed by atoms with E-state index in [1.54, 1.807) is 0 Å². The van der Waals surface area contributed by atoms with E-state index in [0.717, 1.165) is 43.4 Å². The fourth-order valence-electron chi connectivity index (χ4n) is 4.06. The lowest BCUT2D eigenvalue weighted by Crippen LogP contribution is -2.28. The normalized spacial score (nSPS) is 36.5. The Hall–Kier alpha value is -0.790. The van der Waals surface area contributed by atoms with E-state index in [2.05, 4.69) is 19.1 Å². The predicted molar refractivity (Wildman–Crippen MR) is 78.0 cm³/mol. The molecule has 2 aliphatic carbocycles. The molecule has 2 fully saturated rings. The van der Waals surface area contributed by atoms with Crippen molar-refractivity contribution in [2.75, 3.05) is 0 Å². The number of allylic oxidation sites excluding steroid dienone is 2. The van der Waals surface area contributed by atoms with Gasteiger partial charge in [-0.3, -0.25) is 4.79 Å². The summed E-state index contributed by atoms with van der Waals surface area (Å²) in [6.07, 6.45) is 15.4. The summed E-state index contributed by atoms with van der Waals surface area (Å²) in [6.45, 7) is 2.10. The number of carboxylic acids is 1. The molecular weight excluding hydrogens is 236 g/mol. The van der Waals surface area contributed by atoms with Gasteiger partial charge in [-0.25, -0.2) is 0 Å². The van der Waals surface area contributed by atoms with Crippen LogP contribution in [-0.2, 0) is 4.79 Å². The first-order valence-corrected chi connectivity index (χ1v) is 8.04. The van der Waals surface area contributed by atoms with Crippen molar-refractivity contribution < 1.29 is 9.90 Å². The van der Waals surface area contributed by atoms with Gasteiger partial charge in [0, 0.05) is 0 Å². The molecule has 2 saturated carbocycles. The zero-order valence-electron chi connectivity index (χ0n) is 12.2. The molecule has 2 nitrogen and oxygen atoms in total. The zero-order valence-corrected chi connectivity index (χ0v) is 12.2. The second-order valence-corrected chi connectivity index (χ2v) is 6.54. The molecule has 0 heterocycles. The first kappa shape index (κ1) is 14.6. The Morgan fingerprint density at radius 2 is 1.53 bits per heavy atom. The van der Waals surface area contributed by atoms with E-state index in [1.165, 1.54) is 32.1 Å². The minimum atomic E-state index is -0.575. The average molecular weight is 264 g/mol. The van der Waals surface area contributed by atoms with E-state index in [9.17, 15) is 4.79 Å². The molecule has 0 atom stereocenters. The molecule has 2 rings (SSSR count). The van der Waals surface area contributed by atoms with Gasteiger partial charge in [-0.05, 0) is 82.5 Å². The first-order chi connectivity index (χ1) is 9.20. The minimum absolute atomic E-state index is 0.0534. The van der Waals surface area contributed by atoms with Gasteiger partial charge in [0.05, 0.1) is 5.92 Å². The lowest BCUT2D eigenvalue weighted by atomic mass is 9.69. The highest BCUT2D eigenvalue weighted by molar-refractivity contribution is 5.69. The number of carboxylic acid groups (broad SMARTS) is 1. The summed E-state index contributed by atoms with van der Waals surface area (Å²) in [5, 5.41) is 9.05. The predicted octanol–water partition coefficient (Wildman–Crippen LogP) is 4.65. The van der Waals surface area contributed by atoms with Crippen LogP contribution < -0.4 is 0 Å². The van der Waals surface area contributed by atoms with Crippen molar-refractivity contribution in [2.24, 2.45) is 23.7 Å². The Morgan fingerprint density at radius 1 is 1.00 bits per heavy atom. The van der Waals surface area contributed by atoms with Crippen LogP contribution in [0.25, 0.3) is 0 Å². The van der Waals surface area contributed by atoms with Crippen LogP contribution in [0.2, 0.25) is 0 Å². The second kappa shape index (κ2) is 7.12. The monoisotopic (exact) mass is 264 g/mol. The summed E-state index contributed by atoms with van der Waals surface area (Å²) >= 11 is 0. The summed E-state index contributed by atoms with van der Waals surface area (Å²) in [7, 11) is 0. The van der Waals surface area contributed by atoms with Gasteiger partial charge in [-0.2, -0.15) is 0 Å². The van der Waals surface area contributed by atoms with E-state index in [0.29, 0.717) is 0 Å². The molecule has 0 aromatic heterocycles. The number of hydrogen-bond donors (Lipinski definition) is 1. The Bertz CT molecular complexity index is 305. The fraction of sp³-hybridized carbons (Fsp3) is 0.824. The maximum absolute atomic E-state index is 11.0. The van der Waals surface area contributed by atoms with Crippen LogP contribution in [0.1, 0.15) is 64.7 Å². The van der Waals surface area contributed by atoms with E-state index in [-0.39, 0.29) is 5.92 Å². The minimum Gasteiger partial charge on any atom is -0.481 e. The number of aliphatic carboxylic acids is 1. The summed E-state index contributed by atoms with van der Waals surface area (Å²) in [5.41, 5.74) is 0. The second-order valence-electron chi connectivity index (χ2n) is 6.54. The molecule has 2 heteroatoms. The smallest absolute Gasteiger partial charge is 0.306 e. The SMILES string of the molecule is CC=CCC1CCC(C2CCC(C(=O)O)CC2)CC1. The third kappa shape index (κ3) is 4.09. The average Bonchev–Trinajstić information content (AvgIpc) is 2.46. The van der Waals surface area contributed by atoms with E-state index in [1.807, 2.05) is 0 Å². The van der Waals surface area contributed by atoms with Crippen molar-refractivity contribution >= 4 is 5.97 Å². The third-order valence-corrected chi connectivity index (χ3v) is 5.38. The fourth-order valence-corrected chi connectivity index (χ4v) is 4.06. The topological polar surface area (TPSA) is 37.3 Å². The maximum Gasteiger partial charge on any atom is 0.306 e. The Kier molecular flexibility index (Phi) is 5.47. The van der Waals surface area contributed by atoms with Crippen LogP contribution >= 0.6 is 0 Å². The highest BCUT2D eigenvalue weighted by atomic mass is 16.4. The van der Waals surface area contributed by atoms with Gasteiger partial charge in [0.15, 0.2) is 0 Å². The summed E-state index contributed by atoms with van der Waals surface area (Å²) in [5.74, 6) is 1.98. The lowest BCUT2D eigenvalue weighted by molar-refractivity contribution is -0.143. The van der Waals surface area contributed by atoms with E-state index in [4.69, 9.17) is 5.11 Å². The van der Waals surface area contributed by atoms with Gasteiger partial charge in [-0.1, -0.05) is 12.2 Å². The molecule has 0 bridgehead atoms. The van der Waals surface area contributed by atoms with Crippen molar-refractivity contribution in [1.82, 2.24) is 0 Å². The molecule has 108 valence electrons. The molecule has 19 heavy (non-hydrogen) atoms. The van der Waals surface area contributed by atoms with Gasteiger partial charge in [0.25, 0.3) is 0 Å². The van der Waals surface area contributed by atoms with Gasteiger partial charge in [-0.15, -0.1) is 0 Å². The van der Waals surface area contributed by atoms with Gasteiger partial charge >= 0.3 is 5.97 Å². The largest absolute Gasteiger partial charge is 0.481 e. The molecule has 0 aliphatic heterocycles. The number of carbonyl (C=O) groups is 1. The Labute approximate surface area is 117 Å². The molecule has 0 aromatic rings. The van der Waals surface area contributed by atoms with E-state index < -0.39 is 5.97 Å². The third-order valence-electron chi connectivity index (χ3n) is 5.38. The van der Waals surface area contributed by atoms with Gasteiger partial charge in [0.2, 0.25) is 0 Å². The molecule has 0 unspecified atom stereocenters. The molecular formula is C17H28O2. The highest BCUT2D eigenvalue weighted by Gasteiger charge is 2.32. The Morgan fingerprint density at radius 3 is 2.00 bits per heavy atom. The maximum atomic E-state index is 11.0. The molecule has 1 N–H and O–H groups in total. The van der Waals surface area contributed by atoms with Crippen molar-refractivity contribution in [3.8, 4) is 0 Å². The van der Waals surface area contributed by atoms with Crippen LogP contribution in [-0.4, -0.2) is 11.1 Å². The molecule has 0 amide bonds. The standard InChI is InChI=1S/C17H28O2/c1-2-3-4-13-5-7-14(8-6-13)15-9-11-16(12-10-15)17(18)19/h2-3,13-16H,4-12H2,1H3,(H,18,19). The molecule has 0 aromatic carbocycles. The van der Waals surface area contributed by atoms with E-state index >= 15 is 0 Å². The Balaban J connectivity index is 1.72. The van der Waals surface area contributed by atoms with Crippen LogP contribution in [0.5, 0.6) is 0 Å². The molecule has 0 radical (unpaired) electrons. The summed E-state index contributed by atoms with van der Waals surface area (Å²) < 4.78 is 0. The summed E-state index contributed by atoms with van der Waals surface area (Å²) in [4.78, 5) is 11.0. The number of rotatable bonds is 4. The molecule has 0 spiro atoms. The quantitative estimate of drug-likeness (QED) is 0.750. The van der Waals surface area contributed by atoms with Crippen LogP contribution in [0, 0.1) is 23.7 Å². The van der Waals surface area contributed by atoms with Crippen molar-refractivity contribution in [3.63, 3.8) is 0 Å². The highest BCUT2D eigenvalue weighted by Crippen LogP contribution is 2.42. The molecule has 2 aliphatic rings. The van der Waals surface area contributed by atoms with Crippen molar-refractivity contribution in [3.05, 3.63) is 12.2 Å². The van der Waals surface area contributed by atoms with Crippen LogP contribution in [0.15, 0.2) is 12.2 Å². The lowest BCUT2D eigenvalue weighted by Gasteiger charge is -2.37. The zero-order chi connectivity index (χ0) is 13.7. The van der Waals surface area contributed by atoms with Gasteiger partial charge in [0.1, 0.15) is 0 Å². The van der Waals surface area contributed by atoms with Crippen molar-refractivity contribution in [2.45, 2.75) is 64.7 Å². The van der Waals surface area contributed by atoms with Crippen molar-refractivity contribution in [1.29, 1.82) is 0 Å². The first-order valence-electron chi connectivity index (χ1n) is 8.04. The van der Waals surface area contributed by atoms with Crippen LogP contribution in [0.4, 0.5) is 0 Å². The number of hydrogen-bond acceptors (Lipinski definition) is 1.